The first-order chi connectivity index (χ1) is 10.5. The van der Waals surface area contributed by atoms with E-state index in [4.69, 9.17) is 11.5 Å². The minimum Gasteiger partial charge on any atom is -0.374 e. The summed E-state index contributed by atoms with van der Waals surface area (Å²) in [6, 6.07) is 6.61. The number of nitrogens with two attached hydrogens (primary N) is 2. The van der Waals surface area contributed by atoms with E-state index in [2.05, 4.69) is 15.5 Å². The van der Waals surface area contributed by atoms with Gasteiger partial charge in [-0.2, -0.15) is 0 Å². The molecule has 7 nitrogen and oxygen atoms in total. The van der Waals surface area contributed by atoms with Gasteiger partial charge in [0.1, 0.15) is 0 Å². The first kappa shape index (κ1) is 16.2. The normalized spacial score (nSPS) is 11.9. The number of aromatic nitrogens is 2. The summed E-state index contributed by atoms with van der Waals surface area (Å²) in [5, 5.41) is 10.3. The molecule has 0 bridgehead atoms. The van der Waals surface area contributed by atoms with Crippen LogP contribution in [0.1, 0.15) is 23.7 Å². The third-order valence-corrected chi connectivity index (χ3v) is 4.98. The summed E-state index contributed by atoms with van der Waals surface area (Å²) in [6.45, 7) is 1.89. The average molecular weight is 337 g/mol. The van der Waals surface area contributed by atoms with Crippen LogP contribution in [0.15, 0.2) is 28.6 Å². The molecular formula is C13H15N5O2S2. The smallest absolute Gasteiger partial charge is 0.250 e. The Bertz CT molecular complexity index is 689. The molecule has 0 aliphatic heterocycles. The lowest BCUT2D eigenvalue weighted by atomic mass is 10.1. The van der Waals surface area contributed by atoms with Gasteiger partial charge in [0.05, 0.1) is 16.5 Å². The fourth-order valence-corrected chi connectivity index (χ4v) is 3.54. The molecular weight excluding hydrogens is 322 g/mol. The highest BCUT2D eigenvalue weighted by Crippen LogP contribution is 2.30. The molecule has 116 valence electrons. The molecule has 1 unspecified atom stereocenters. The van der Waals surface area contributed by atoms with Crippen molar-refractivity contribution in [1.29, 1.82) is 0 Å². The number of anilines is 2. The second kappa shape index (κ2) is 7.23. The quantitative estimate of drug-likeness (QED) is 0.690. The van der Waals surface area contributed by atoms with Gasteiger partial charge in [-0.3, -0.25) is 9.59 Å². The van der Waals surface area contributed by atoms with Crippen molar-refractivity contribution in [2.75, 3.05) is 11.1 Å². The Morgan fingerprint density at radius 2 is 2.09 bits per heavy atom. The monoisotopic (exact) mass is 337 g/mol. The standard InChI is InChI=1S/C13H15N5O2S2/c1-2-9(21-13-18-17-12(15)22-13)11(20)16-8-6-4-3-5-7(8)10(14)19/h3-6,9H,2H2,1H3,(H2,14,19)(H2,15,17)(H,16,20). The Balaban J connectivity index is 2.11. The van der Waals surface area contributed by atoms with Gasteiger partial charge in [-0.05, 0) is 18.6 Å². The first-order valence-corrected chi connectivity index (χ1v) is 8.16. The van der Waals surface area contributed by atoms with Crippen molar-refractivity contribution < 1.29 is 9.59 Å². The van der Waals surface area contributed by atoms with Crippen molar-refractivity contribution in [2.45, 2.75) is 22.9 Å². The van der Waals surface area contributed by atoms with Crippen molar-refractivity contribution in [2.24, 2.45) is 5.73 Å². The maximum atomic E-state index is 12.4. The zero-order valence-corrected chi connectivity index (χ0v) is 13.4. The average Bonchev–Trinajstić information content (AvgIpc) is 2.90. The van der Waals surface area contributed by atoms with Gasteiger partial charge < -0.3 is 16.8 Å². The van der Waals surface area contributed by atoms with Crippen LogP contribution >= 0.6 is 23.1 Å². The summed E-state index contributed by atoms with van der Waals surface area (Å²) in [5.41, 5.74) is 11.5. The van der Waals surface area contributed by atoms with Gasteiger partial charge in [0.25, 0.3) is 5.91 Å². The van der Waals surface area contributed by atoms with E-state index in [1.165, 1.54) is 23.1 Å². The summed E-state index contributed by atoms with van der Waals surface area (Å²) in [6.07, 6.45) is 0.592. The molecule has 9 heteroatoms. The van der Waals surface area contributed by atoms with Crippen LogP contribution in [0.25, 0.3) is 0 Å². The Kier molecular flexibility index (Phi) is 5.34. The largest absolute Gasteiger partial charge is 0.374 e. The Morgan fingerprint density at radius 1 is 1.36 bits per heavy atom. The lowest BCUT2D eigenvalue weighted by Gasteiger charge is -2.14. The van der Waals surface area contributed by atoms with Crippen molar-refractivity contribution in [3.8, 4) is 0 Å². The molecule has 0 aliphatic carbocycles. The van der Waals surface area contributed by atoms with Gasteiger partial charge >= 0.3 is 0 Å². The lowest BCUT2D eigenvalue weighted by molar-refractivity contribution is -0.115. The van der Waals surface area contributed by atoms with Crippen LogP contribution in [0.4, 0.5) is 10.8 Å². The number of primary amides is 1. The van der Waals surface area contributed by atoms with Crippen LogP contribution in [0.5, 0.6) is 0 Å². The van der Waals surface area contributed by atoms with Crippen molar-refractivity contribution in [3.05, 3.63) is 29.8 Å². The van der Waals surface area contributed by atoms with E-state index >= 15 is 0 Å². The number of hydrogen-bond donors (Lipinski definition) is 3. The number of hydrogen-bond acceptors (Lipinski definition) is 7. The van der Waals surface area contributed by atoms with E-state index < -0.39 is 5.91 Å². The number of nitrogen functional groups attached to an aromatic ring is 1. The second-order valence-corrected chi connectivity index (χ2v) is 6.78. The molecule has 5 N–H and O–H groups in total. The second-order valence-electron chi connectivity index (χ2n) is 4.32. The molecule has 2 aromatic rings. The number of para-hydroxylation sites is 1. The molecule has 0 saturated heterocycles. The molecule has 1 heterocycles. The SMILES string of the molecule is CCC(Sc1nnc(N)s1)C(=O)Nc1ccccc1C(N)=O. The highest BCUT2D eigenvalue weighted by atomic mass is 32.2. The minimum absolute atomic E-state index is 0.227. The molecule has 1 aromatic carbocycles. The molecule has 0 fully saturated rings. The molecule has 0 radical (unpaired) electrons. The topological polar surface area (TPSA) is 124 Å². The number of carbonyl (C=O) groups is 2. The summed E-state index contributed by atoms with van der Waals surface area (Å²) in [7, 11) is 0. The van der Waals surface area contributed by atoms with E-state index in [1.54, 1.807) is 24.3 Å². The summed E-state index contributed by atoms with van der Waals surface area (Å²) < 4.78 is 0.627. The molecule has 1 atom stereocenters. The zero-order chi connectivity index (χ0) is 16.1. The molecule has 2 rings (SSSR count). The highest BCUT2D eigenvalue weighted by molar-refractivity contribution is 8.02. The number of carbonyl (C=O) groups excluding carboxylic acids is 2. The van der Waals surface area contributed by atoms with Crippen molar-refractivity contribution >= 4 is 45.7 Å². The number of rotatable bonds is 6. The number of benzene rings is 1. The Morgan fingerprint density at radius 3 is 2.68 bits per heavy atom. The van der Waals surface area contributed by atoms with Crippen LogP contribution in [-0.2, 0) is 4.79 Å². The molecule has 0 spiro atoms. The first-order valence-electron chi connectivity index (χ1n) is 6.46. The van der Waals surface area contributed by atoms with E-state index in [1.807, 2.05) is 6.92 Å². The molecule has 22 heavy (non-hydrogen) atoms. The van der Waals surface area contributed by atoms with Crippen molar-refractivity contribution in [3.63, 3.8) is 0 Å². The summed E-state index contributed by atoms with van der Waals surface area (Å²) in [5.74, 6) is -0.816. The van der Waals surface area contributed by atoms with Crippen LogP contribution in [0.3, 0.4) is 0 Å². The fraction of sp³-hybridized carbons (Fsp3) is 0.231. The molecule has 0 saturated carbocycles. The number of thioether (sulfide) groups is 1. The van der Waals surface area contributed by atoms with Gasteiger partial charge in [-0.25, -0.2) is 0 Å². The molecule has 0 aliphatic rings. The van der Waals surface area contributed by atoms with Crippen LogP contribution in [0.2, 0.25) is 0 Å². The summed E-state index contributed by atoms with van der Waals surface area (Å²) in [4.78, 5) is 23.7. The van der Waals surface area contributed by atoms with Crippen LogP contribution < -0.4 is 16.8 Å². The lowest BCUT2D eigenvalue weighted by Crippen LogP contribution is -2.26. The fourth-order valence-electron chi connectivity index (χ4n) is 1.73. The molecule has 1 aromatic heterocycles. The van der Waals surface area contributed by atoms with Crippen LogP contribution in [0, 0.1) is 0 Å². The number of nitrogens with zero attached hydrogens (tertiary/aromatic N) is 2. The molecule has 2 amide bonds. The van der Waals surface area contributed by atoms with Crippen LogP contribution in [-0.4, -0.2) is 27.3 Å². The predicted molar refractivity (Wildman–Crippen MR) is 87.8 cm³/mol. The van der Waals surface area contributed by atoms with Gasteiger partial charge in [0.2, 0.25) is 11.0 Å². The van der Waals surface area contributed by atoms with E-state index in [0.717, 1.165) is 0 Å². The van der Waals surface area contributed by atoms with E-state index in [-0.39, 0.29) is 16.7 Å². The third kappa shape index (κ3) is 3.95. The van der Waals surface area contributed by atoms with Gasteiger partial charge in [0.15, 0.2) is 4.34 Å². The number of amides is 2. The third-order valence-electron chi connectivity index (χ3n) is 2.78. The predicted octanol–water partition coefficient (Wildman–Crippen LogP) is 1.73. The number of nitrogens with one attached hydrogen (secondary N) is 1. The Labute approximate surface area is 135 Å². The maximum Gasteiger partial charge on any atom is 0.250 e. The van der Waals surface area contributed by atoms with Crippen molar-refractivity contribution in [1.82, 2.24) is 10.2 Å². The van der Waals surface area contributed by atoms with E-state index in [0.29, 0.717) is 21.6 Å². The minimum atomic E-state index is -0.589. The van der Waals surface area contributed by atoms with Gasteiger partial charge in [-0.15, -0.1) is 10.2 Å². The highest BCUT2D eigenvalue weighted by Gasteiger charge is 2.21. The maximum absolute atomic E-state index is 12.4. The van der Waals surface area contributed by atoms with Gasteiger partial charge in [0, 0.05) is 0 Å². The zero-order valence-electron chi connectivity index (χ0n) is 11.8. The van der Waals surface area contributed by atoms with E-state index in [9.17, 15) is 9.59 Å². The van der Waals surface area contributed by atoms with Gasteiger partial charge in [-0.1, -0.05) is 42.2 Å². The Hall–Kier alpha value is -2.13. The summed E-state index contributed by atoms with van der Waals surface area (Å²) >= 11 is 2.52.